The van der Waals surface area contributed by atoms with Gasteiger partial charge < -0.3 is 14.5 Å². The van der Waals surface area contributed by atoms with Gasteiger partial charge in [0.25, 0.3) is 5.91 Å². The summed E-state index contributed by atoms with van der Waals surface area (Å²) in [6.45, 7) is 3.23. The third-order valence-corrected chi connectivity index (χ3v) is 7.64. The van der Waals surface area contributed by atoms with Crippen molar-refractivity contribution in [1.82, 2.24) is 4.98 Å². The molecule has 1 heterocycles. The van der Waals surface area contributed by atoms with Gasteiger partial charge in [0.1, 0.15) is 5.52 Å². The van der Waals surface area contributed by atoms with Crippen LogP contribution in [0.5, 0.6) is 5.75 Å². The maximum atomic E-state index is 12.6. The standard InChI is InChI=1S/C27H18Cl4N2O3/c1-13-23(29)14(2)25(31)26(24(13)30)35-12-22(34)32-15-9-10-21-20(11-15)33-27(36-21)18-7-3-6-17-16(18)5-4-8-19(17)28/h3-11H,12H2,1-2H3,(H,32,34). The molecule has 4 aromatic carbocycles. The number of nitrogens with one attached hydrogen (secondary N) is 1. The van der Waals surface area contributed by atoms with Gasteiger partial charge in [0, 0.05) is 26.7 Å². The van der Waals surface area contributed by atoms with E-state index in [1.165, 1.54) is 0 Å². The van der Waals surface area contributed by atoms with E-state index in [9.17, 15) is 4.79 Å². The lowest BCUT2D eigenvalue weighted by atomic mass is 10.0. The molecule has 36 heavy (non-hydrogen) atoms. The summed E-state index contributed by atoms with van der Waals surface area (Å²) in [5.41, 5.74) is 3.82. The Labute approximate surface area is 226 Å². The minimum Gasteiger partial charge on any atom is -0.481 e. The maximum absolute atomic E-state index is 12.6. The van der Waals surface area contributed by atoms with Gasteiger partial charge >= 0.3 is 0 Å². The molecule has 0 aliphatic carbocycles. The smallest absolute Gasteiger partial charge is 0.262 e. The highest BCUT2D eigenvalue weighted by Gasteiger charge is 2.19. The fourth-order valence-electron chi connectivity index (χ4n) is 3.95. The number of halogens is 4. The highest BCUT2D eigenvalue weighted by molar-refractivity contribution is 6.42. The largest absolute Gasteiger partial charge is 0.481 e. The average Bonchev–Trinajstić information content (AvgIpc) is 3.29. The predicted octanol–water partition coefficient (Wildman–Crippen LogP) is 8.90. The number of hydrogen-bond donors (Lipinski definition) is 1. The number of nitrogens with zero attached hydrogens (tertiary/aromatic N) is 1. The first-order valence-corrected chi connectivity index (χ1v) is 12.4. The molecule has 0 saturated carbocycles. The Kier molecular flexibility index (Phi) is 6.75. The Morgan fingerprint density at radius 2 is 1.61 bits per heavy atom. The molecule has 0 unspecified atom stereocenters. The van der Waals surface area contributed by atoms with Crippen LogP contribution in [0, 0.1) is 13.8 Å². The molecular formula is C27H18Cl4N2O3. The number of anilines is 1. The van der Waals surface area contributed by atoms with Gasteiger partial charge in [-0.15, -0.1) is 0 Å². The molecule has 182 valence electrons. The van der Waals surface area contributed by atoms with Crippen LogP contribution in [0.15, 0.2) is 59.0 Å². The van der Waals surface area contributed by atoms with Gasteiger partial charge in [-0.3, -0.25) is 4.79 Å². The monoisotopic (exact) mass is 558 g/mol. The first-order chi connectivity index (χ1) is 17.2. The summed E-state index contributed by atoms with van der Waals surface area (Å²) >= 11 is 25.2. The van der Waals surface area contributed by atoms with Crippen LogP contribution < -0.4 is 10.1 Å². The summed E-state index contributed by atoms with van der Waals surface area (Å²) in [7, 11) is 0. The van der Waals surface area contributed by atoms with Gasteiger partial charge in [-0.25, -0.2) is 4.98 Å². The third kappa shape index (κ3) is 4.48. The normalized spacial score (nSPS) is 11.3. The molecule has 0 spiro atoms. The summed E-state index contributed by atoms with van der Waals surface area (Å²) in [5.74, 6) is 0.293. The lowest BCUT2D eigenvalue weighted by molar-refractivity contribution is -0.118. The number of hydrogen-bond acceptors (Lipinski definition) is 4. The number of ether oxygens (including phenoxy) is 1. The van der Waals surface area contributed by atoms with Crippen molar-refractivity contribution in [2.75, 3.05) is 11.9 Å². The maximum Gasteiger partial charge on any atom is 0.262 e. The second-order valence-corrected chi connectivity index (χ2v) is 9.74. The second kappa shape index (κ2) is 9.83. The van der Waals surface area contributed by atoms with Crippen LogP contribution in [0.1, 0.15) is 11.1 Å². The first-order valence-electron chi connectivity index (χ1n) is 10.9. The van der Waals surface area contributed by atoms with Crippen LogP contribution in [0.25, 0.3) is 33.3 Å². The number of rotatable bonds is 5. The van der Waals surface area contributed by atoms with E-state index in [1.54, 1.807) is 32.0 Å². The van der Waals surface area contributed by atoms with Crippen LogP contribution in [-0.4, -0.2) is 17.5 Å². The van der Waals surface area contributed by atoms with Crippen molar-refractivity contribution in [2.24, 2.45) is 0 Å². The quantitative estimate of drug-likeness (QED) is 0.233. The topological polar surface area (TPSA) is 64.4 Å². The Morgan fingerprint density at radius 3 is 2.36 bits per heavy atom. The summed E-state index contributed by atoms with van der Waals surface area (Å²) < 4.78 is 11.6. The number of carbonyl (C=O) groups excluding carboxylic acids is 1. The van der Waals surface area contributed by atoms with Crippen molar-refractivity contribution in [3.05, 3.63) is 85.8 Å². The van der Waals surface area contributed by atoms with Crippen LogP contribution >= 0.6 is 46.4 Å². The van der Waals surface area contributed by atoms with Gasteiger partial charge in [-0.05, 0) is 60.7 Å². The molecule has 9 heteroatoms. The predicted molar refractivity (Wildman–Crippen MR) is 147 cm³/mol. The molecule has 1 amide bonds. The summed E-state index contributed by atoms with van der Waals surface area (Å²) in [6.07, 6.45) is 0. The molecule has 0 radical (unpaired) electrons. The molecule has 0 saturated heterocycles. The van der Waals surface area contributed by atoms with E-state index >= 15 is 0 Å². The zero-order valence-corrected chi connectivity index (χ0v) is 22.1. The SMILES string of the molecule is Cc1c(Cl)c(C)c(Cl)c(OCC(=O)Nc2ccc3oc(-c4cccc5c(Cl)cccc45)nc3c2)c1Cl. The van der Waals surface area contributed by atoms with Crippen molar-refractivity contribution < 1.29 is 13.9 Å². The molecule has 0 fully saturated rings. The number of benzene rings is 4. The Morgan fingerprint density at radius 1 is 0.917 bits per heavy atom. The number of oxazole rings is 1. The number of amides is 1. The summed E-state index contributed by atoms with van der Waals surface area (Å²) in [6, 6.07) is 16.7. The Bertz CT molecular complexity index is 1630. The summed E-state index contributed by atoms with van der Waals surface area (Å²) in [5, 5.41) is 6.32. The van der Waals surface area contributed by atoms with Gasteiger partial charge in [-0.2, -0.15) is 0 Å². The number of fused-ring (bicyclic) bond motifs is 2. The zero-order valence-electron chi connectivity index (χ0n) is 19.1. The van der Waals surface area contributed by atoms with Crippen molar-refractivity contribution in [3.8, 4) is 17.2 Å². The molecular weight excluding hydrogens is 542 g/mol. The molecule has 0 aliphatic rings. The van der Waals surface area contributed by atoms with E-state index in [2.05, 4.69) is 10.3 Å². The van der Waals surface area contributed by atoms with Gasteiger partial charge in [0.15, 0.2) is 17.9 Å². The van der Waals surface area contributed by atoms with Crippen LogP contribution in [-0.2, 0) is 4.79 Å². The van der Waals surface area contributed by atoms with Gasteiger partial charge in [0.05, 0.1) is 10.0 Å². The fourth-order valence-corrected chi connectivity index (χ4v) is 5.01. The second-order valence-electron chi connectivity index (χ2n) is 8.20. The van der Waals surface area contributed by atoms with Crippen molar-refractivity contribution in [2.45, 2.75) is 13.8 Å². The minimum atomic E-state index is -0.390. The molecule has 5 nitrogen and oxygen atoms in total. The van der Waals surface area contributed by atoms with E-state index in [0.29, 0.717) is 43.9 Å². The third-order valence-electron chi connectivity index (χ3n) is 5.83. The minimum absolute atomic E-state index is 0.222. The van der Waals surface area contributed by atoms with Crippen molar-refractivity contribution in [1.29, 1.82) is 0 Å². The number of aromatic nitrogens is 1. The average molecular weight is 560 g/mol. The van der Waals surface area contributed by atoms with E-state index < -0.39 is 0 Å². The molecule has 0 atom stereocenters. The Balaban J connectivity index is 1.36. The summed E-state index contributed by atoms with van der Waals surface area (Å²) in [4.78, 5) is 17.2. The molecule has 1 N–H and O–H groups in total. The van der Waals surface area contributed by atoms with E-state index in [4.69, 9.17) is 55.6 Å². The first kappa shape index (κ1) is 24.7. The lowest BCUT2D eigenvalue weighted by Gasteiger charge is -2.15. The van der Waals surface area contributed by atoms with Gasteiger partial charge in [0.2, 0.25) is 5.89 Å². The number of carbonyl (C=O) groups is 1. The van der Waals surface area contributed by atoms with Crippen LogP contribution in [0.2, 0.25) is 20.1 Å². The fraction of sp³-hybridized carbons (Fsp3) is 0.111. The Hall–Kier alpha value is -2.96. The van der Waals surface area contributed by atoms with Gasteiger partial charge in [-0.1, -0.05) is 70.7 Å². The van der Waals surface area contributed by atoms with Crippen LogP contribution in [0.4, 0.5) is 5.69 Å². The molecule has 0 bridgehead atoms. The lowest BCUT2D eigenvalue weighted by Crippen LogP contribution is -2.20. The molecule has 1 aromatic heterocycles. The molecule has 5 rings (SSSR count). The zero-order chi connectivity index (χ0) is 25.6. The molecule has 5 aromatic rings. The van der Waals surface area contributed by atoms with Crippen molar-refractivity contribution >= 4 is 79.9 Å². The highest BCUT2D eigenvalue weighted by atomic mass is 35.5. The molecule has 0 aliphatic heterocycles. The van der Waals surface area contributed by atoms with Crippen LogP contribution in [0.3, 0.4) is 0 Å². The van der Waals surface area contributed by atoms with Crippen molar-refractivity contribution in [3.63, 3.8) is 0 Å². The van der Waals surface area contributed by atoms with E-state index in [0.717, 1.165) is 16.3 Å². The van der Waals surface area contributed by atoms with E-state index in [-0.39, 0.29) is 28.3 Å². The van der Waals surface area contributed by atoms with E-state index in [1.807, 2.05) is 36.4 Å². The highest BCUT2D eigenvalue weighted by Crippen LogP contribution is 2.42.